The Morgan fingerprint density at radius 2 is 1.88 bits per heavy atom. The Morgan fingerprint density at radius 3 is 2.76 bits per heavy atom. The average Bonchev–Trinajstić information content (AvgIpc) is 2.99. The van der Waals surface area contributed by atoms with Crippen LogP contribution in [0.4, 0.5) is 0 Å². The van der Waals surface area contributed by atoms with E-state index in [1.807, 2.05) is 66.7 Å². The van der Waals surface area contributed by atoms with Gasteiger partial charge >= 0.3 is 5.97 Å². The second-order valence-electron chi connectivity index (χ2n) is 8.06. The van der Waals surface area contributed by atoms with Gasteiger partial charge in [0.15, 0.2) is 0 Å². The predicted molar refractivity (Wildman–Crippen MR) is 139 cm³/mol. The van der Waals surface area contributed by atoms with Gasteiger partial charge in [0.2, 0.25) is 0 Å². The number of rotatable bonds is 6. The van der Waals surface area contributed by atoms with Gasteiger partial charge in [0.1, 0.15) is 12.4 Å². The van der Waals surface area contributed by atoms with Crippen LogP contribution in [0.3, 0.4) is 0 Å². The van der Waals surface area contributed by atoms with E-state index in [2.05, 4.69) is 18.2 Å². The van der Waals surface area contributed by atoms with Crippen LogP contribution in [0.2, 0.25) is 5.02 Å². The molecular weight excluding hydrogens is 466 g/mol. The Morgan fingerprint density at radius 1 is 1.06 bits per heavy atom. The molecule has 34 heavy (non-hydrogen) atoms. The smallest absolute Gasteiger partial charge is 0.304 e. The number of ether oxygens (including phenoxy) is 1. The third-order valence-electron chi connectivity index (χ3n) is 5.77. The fourth-order valence-electron chi connectivity index (χ4n) is 4.11. The number of aliphatic carboxylic acids is 1. The number of carbonyl (C=O) groups is 1. The first-order valence-electron chi connectivity index (χ1n) is 11.0. The Hall–Kier alpha value is -3.28. The van der Waals surface area contributed by atoms with E-state index in [-0.39, 0.29) is 11.7 Å². The number of para-hydroxylation sites is 1. The maximum atomic E-state index is 11.1. The predicted octanol–water partition coefficient (Wildman–Crippen LogP) is 7.25. The van der Waals surface area contributed by atoms with Crippen molar-refractivity contribution in [3.63, 3.8) is 0 Å². The van der Waals surface area contributed by atoms with Crippen molar-refractivity contribution >= 4 is 52.4 Å². The van der Waals surface area contributed by atoms with Crippen LogP contribution < -0.4 is 4.74 Å². The zero-order valence-electron chi connectivity index (χ0n) is 18.3. The molecule has 0 saturated carbocycles. The van der Waals surface area contributed by atoms with E-state index < -0.39 is 5.97 Å². The maximum absolute atomic E-state index is 11.1. The fraction of sp³-hybridized carbons (Fsp3) is 0.143. The summed E-state index contributed by atoms with van der Waals surface area (Å²) in [6, 6.07) is 24.0. The van der Waals surface area contributed by atoms with Gasteiger partial charge in [-0.15, -0.1) is 11.8 Å². The second-order valence-corrected chi connectivity index (χ2v) is 9.68. The number of hydrogen-bond donors (Lipinski definition) is 1. The molecule has 1 atom stereocenters. The van der Waals surface area contributed by atoms with Crippen molar-refractivity contribution in [2.45, 2.75) is 18.3 Å². The van der Waals surface area contributed by atoms with Gasteiger partial charge in [-0.3, -0.25) is 4.79 Å². The average molecular weight is 488 g/mol. The number of nitrogens with zero attached hydrogens (tertiary/aromatic N) is 1. The summed E-state index contributed by atoms with van der Waals surface area (Å²) in [5, 5.41) is 10.7. The minimum absolute atomic E-state index is 0.00496. The van der Waals surface area contributed by atoms with Crippen molar-refractivity contribution in [1.29, 1.82) is 0 Å². The van der Waals surface area contributed by atoms with E-state index in [9.17, 15) is 4.79 Å². The molecular formula is C28H22ClNO3S. The normalized spacial score (nSPS) is 14.9. The maximum Gasteiger partial charge on any atom is 0.304 e. The van der Waals surface area contributed by atoms with E-state index in [0.29, 0.717) is 17.4 Å². The largest absolute Gasteiger partial charge is 0.489 e. The minimum Gasteiger partial charge on any atom is -0.489 e. The van der Waals surface area contributed by atoms with Crippen LogP contribution in [0, 0.1) is 0 Å². The molecule has 1 aliphatic rings. The minimum atomic E-state index is -0.788. The number of pyridine rings is 1. The van der Waals surface area contributed by atoms with E-state index in [1.54, 1.807) is 11.8 Å². The van der Waals surface area contributed by atoms with Crippen molar-refractivity contribution in [2.24, 2.45) is 0 Å². The Balaban J connectivity index is 1.49. The number of fused-ring (bicyclic) bond motifs is 3. The lowest BCUT2D eigenvalue weighted by Crippen LogP contribution is -2.03. The molecule has 5 rings (SSSR count). The monoisotopic (exact) mass is 487 g/mol. The summed E-state index contributed by atoms with van der Waals surface area (Å²) in [5.41, 5.74) is 5.99. The molecule has 0 spiro atoms. The molecule has 170 valence electrons. The molecule has 0 bridgehead atoms. The number of carboxylic acids is 1. The molecule has 1 aliphatic heterocycles. The molecule has 0 radical (unpaired) electrons. The number of benzene rings is 3. The molecule has 4 aromatic rings. The molecule has 0 amide bonds. The molecule has 4 nitrogen and oxygen atoms in total. The first-order chi connectivity index (χ1) is 16.6. The zero-order chi connectivity index (χ0) is 23.5. The lowest BCUT2D eigenvalue weighted by atomic mass is 9.98. The highest BCUT2D eigenvalue weighted by atomic mass is 35.5. The molecule has 3 aromatic carbocycles. The Kier molecular flexibility index (Phi) is 6.57. The molecule has 0 saturated heterocycles. The summed E-state index contributed by atoms with van der Waals surface area (Å²) in [4.78, 5) is 15.8. The van der Waals surface area contributed by atoms with Gasteiger partial charge in [0.25, 0.3) is 0 Å². The summed E-state index contributed by atoms with van der Waals surface area (Å²) in [6.07, 6.45) is 4.09. The standard InChI is InChI=1S/C28H22ClNO3S/c29-24-16-20(30-25-8-4-3-7-22(24)25)11-9-18-10-12-26-23(15-18)28(34-14-13-27(31)32)21-6-2-1-5-19(21)17-33-26/h1-12,15-16,28H,13-14,17H2,(H,31,32). The highest BCUT2D eigenvalue weighted by molar-refractivity contribution is 7.99. The van der Waals surface area contributed by atoms with Crippen molar-refractivity contribution < 1.29 is 14.6 Å². The van der Waals surface area contributed by atoms with Gasteiger partial charge < -0.3 is 9.84 Å². The van der Waals surface area contributed by atoms with Crippen LogP contribution in [0.1, 0.15) is 39.6 Å². The fourth-order valence-corrected chi connectivity index (χ4v) is 5.69. The van der Waals surface area contributed by atoms with E-state index in [1.165, 1.54) is 5.56 Å². The molecule has 1 N–H and O–H groups in total. The summed E-state index contributed by atoms with van der Waals surface area (Å²) >= 11 is 8.10. The van der Waals surface area contributed by atoms with Gasteiger partial charge in [0, 0.05) is 16.7 Å². The zero-order valence-corrected chi connectivity index (χ0v) is 19.9. The quantitative estimate of drug-likeness (QED) is 0.310. The number of hydrogen-bond acceptors (Lipinski definition) is 4. The number of halogens is 1. The first-order valence-corrected chi connectivity index (χ1v) is 12.4. The topological polar surface area (TPSA) is 59.4 Å². The molecule has 1 aromatic heterocycles. The van der Waals surface area contributed by atoms with Gasteiger partial charge in [-0.05, 0) is 47.0 Å². The van der Waals surface area contributed by atoms with Crippen molar-refractivity contribution in [1.82, 2.24) is 4.98 Å². The molecule has 6 heteroatoms. The van der Waals surface area contributed by atoms with Gasteiger partial charge in [-0.1, -0.05) is 66.2 Å². The van der Waals surface area contributed by atoms with Crippen molar-refractivity contribution in [2.75, 3.05) is 5.75 Å². The SMILES string of the molecule is O=C(O)CCSC1c2ccccc2COc2ccc(C=Cc3cc(Cl)c4ccccc4n3)cc21. The molecule has 0 aliphatic carbocycles. The molecule has 1 unspecified atom stereocenters. The summed E-state index contributed by atoms with van der Waals surface area (Å²) in [5.74, 6) is 0.560. The van der Waals surface area contributed by atoms with Crippen LogP contribution in [-0.4, -0.2) is 21.8 Å². The van der Waals surface area contributed by atoms with E-state index in [0.717, 1.165) is 39.0 Å². The molecule has 2 heterocycles. The first kappa shape index (κ1) is 22.5. The summed E-state index contributed by atoms with van der Waals surface area (Å²) in [6.45, 7) is 0.494. The van der Waals surface area contributed by atoms with Crippen molar-refractivity contribution in [3.8, 4) is 5.75 Å². The third-order valence-corrected chi connectivity index (χ3v) is 7.36. The highest BCUT2D eigenvalue weighted by Crippen LogP contribution is 2.44. The Bertz CT molecular complexity index is 1400. The van der Waals surface area contributed by atoms with E-state index in [4.69, 9.17) is 26.4 Å². The van der Waals surface area contributed by atoms with Crippen LogP contribution in [-0.2, 0) is 11.4 Å². The Labute approximate surface area is 207 Å². The van der Waals surface area contributed by atoms with Crippen LogP contribution in [0.25, 0.3) is 23.1 Å². The van der Waals surface area contributed by atoms with Crippen LogP contribution in [0.15, 0.2) is 72.8 Å². The summed E-state index contributed by atoms with van der Waals surface area (Å²) < 4.78 is 6.13. The number of aromatic nitrogens is 1. The summed E-state index contributed by atoms with van der Waals surface area (Å²) in [7, 11) is 0. The lowest BCUT2D eigenvalue weighted by Gasteiger charge is -2.19. The van der Waals surface area contributed by atoms with Crippen LogP contribution >= 0.6 is 23.4 Å². The van der Waals surface area contributed by atoms with Gasteiger partial charge in [-0.25, -0.2) is 4.98 Å². The highest BCUT2D eigenvalue weighted by Gasteiger charge is 2.25. The van der Waals surface area contributed by atoms with Crippen LogP contribution in [0.5, 0.6) is 5.75 Å². The molecule has 0 fully saturated rings. The third kappa shape index (κ3) is 4.81. The second kappa shape index (κ2) is 9.92. The van der Waals surface area contributed by atoms with E-state index >= 15 is 0 Å². The number of thioether (sulfide) groups is 1. The lowest BCUT2D eigenvalue weighted by molar-refractivity contribution is -0.136. The van der Waals surface area contributed by atoms with Crippen molar-refractivity contribution in [3.05, 3.63) is 106 Å². The van der Waals surface area contributed by atoms with Gasteiger partial charge in [0.05, 0.1) is 27.9 Å². The number of carboxylic acid groups (broad SMARTS) is 1. The van der Waals surface area contributed by atoms with Gasteiger partial charge in [-0.2, -0.15) is 0 Å².